The molecular formula is C31H52. The number of rotatable bonds is 3. The minimum absolute atomic E-state index is 1.13. The summed E-state index contributed by atoms with van der Waals surface area (Å²) < 4.78 is 0. The van der Waals surface area contributed by atoms with Crippen LogP contribution < -0.4 is 0 Å². The summed E-state index contributed by atoms with van der Waals surface area (Å²) in [7, 11) is 0. The summed E-state index contributed by atoms with van der Waals surface area (Å²) in [5, 5.41) is 0. The number of fused-ring (bicyclic) bond motifs is 3. The van der Waals surface area contributed by atoms with Gasteiger partial charge >= 0.3 is 0 Å². The van der Waals surface area contributed by atoms with Crippen LogP contribution in [0, 0.1) is 59.2 Å². The minimum atomic E-state index is 1.13. The molecule has 0 spiro atoms. The van der Waals surface area contributed by atoms with Gasteiger partial charge in [0.25, 0.3) is 0 Å². The van der Waals surface area contributed by atoms with Crippen molar-refractivity contribution in [2.75, 3.05) is 0 Å². The first kappa shape index (κ1) is 21.5. The van der Waals surface area contributed by atoms with Crippen molar-refractivity contribution in [1.29, 1.82) is 0 Å². The predicted octanol–water partition coefficient (Wildman–Crippen LogP) is 9.42. The van der Waals surface area contributed by atoms with Crippen molar-refractivity contribution in [1.82, 2.24) is 0 Å². The Labute approximate surface area is 194 Å². The third-order valence-electron chi connectivity index (χ3n) is 12.4. The molecule has 0 aliphatic heterocycles. The van der Waals surface area contributed by atoms with Gasteiger partial charge in [0, 0.05) is 0 Å². The van der Waals surface area contributed by atoms with E-state index in [9.17, 15) is 0 Å². The molecule has 6 aliphatic rings. The topological polar surface area (TPSA) is 0 Å². The van der Waals surface area contributed by atoms with Gasteiger partial charge in [-0.25, -0.2) is 0 Å². The van der Waals surface area contributed by atoms with Crippen molar-refractivity contribution in [2.24, 2.45) is 59.2 Å². The van der Waals surface area contributed by atoms with Crippen LogP contribution in [0.1, 0.15) is 135 Å². The largest absolute Gasteiger partial charge is 0.0530 e. The van der Waals surface area contributed by atoms with E-state index in [4.69, 9.17) is 0 Å². The van der Waals surface area contributed by atoms with Crippen LogP contribution in [0.25, 0.3) is 0 Å². The van der Waals surface area contributed by atoms with Gasteiger partial charge in [0.15, 0.2) is 0 Å². The first-order valence-electron chi connectivity index (χ1n) is 15.4. The zero-order valence-electron chi connectivity index (χ0n) is 20.6. The highest BCUT2D eigenvalue weighted by Crippen LogP contribution is 2.59. The Kier molecular flexibility index (Phi) is 6.74. The SMILES string of the molecule is C1CCC2C(C1)CCCC2C(C1CCCC2CCCCC21)C1CCCC2CCCCC21. The fraction of sp³-hybridized carbons (Fsp3) is 1.00. The van der Waals surface area contributed by atoms with Crippen LogP contribution in [0.2, 0.25) is 0 Å². The second-order valence-electron chi connectivity index (χ2n) is 13.5. The highest BCUT2D eigenvalue weighted by atomic mass is 14.6. The lowest BCUT2D eigenvalue weighted by Crippen LogP contribution is -2.49. The first-order valence-corrected chi connectivity index (χ1v) is 15.4. The summed E-state index contributed by atoms with van der Waals surface area (Å²) in [5.74, 6) is 11.4. The molecule has 0 saturated heterocycles. The van der Waals surface area contributed by atoms with Crippen LogP contribution in [-0.4, -0.2) is 0 Å². The normalized spacial score (nSPS) is 49.4. The van der Waals surface area contributed by atoms with Crippen molar-refractivity contribution in [3.8, 4) is 0 Å². The lowest BCUT2D eigenvalue weighted by molar-refractivity contribution is -0.0719. The molecule has 0 N–H and O–H groups in total. The predicted molar refractivity (Wildman–Crippen MR) is 132 cm³/mol. The van der Waals surface area contributed by atoms with Crippen molar-refractivity contribution in [2.45, 2.75) is 135 Å². The fourth-order valence-electron chi connectivity index (χ4n) is 11.4. The molecule has 0 radical (unpaired) electrons. The molecule has 0 heteroatoms. The molecule has 0 nitrogen and oxygen atoms in total. The standard InChI is InChI=1S/C31H52/c1-4-16-25-22(10-1)13-7-19-28(25)31(29-20-8-14-23-11-2-5-17-26(23)29)30-21-9-15-24-12-3-6-18-27(24)30/h22-31H,1-21H2. The van der Waals surface area contributed by atoms with E-state index in [1.807, 2.05) is 0 Å². The Morgan fingerprint density at radius 2 is 0.581 bits per heavy atom. The average Bonchev–Trinajstić information content (AvgIpc) is 2.85. The first-order chi connectivity index (χ1) is 15.4. The van der Waals surface area contributed by atoms with E-state index >= 15 is 0 Å². The van der Waals surface area contributed by atoms with Gasteiger partial charge in [0.05, 0.1) is 0 Å². The second-order valence-corrected chi connectivity index (χ2v) is 13.5. The average molecular weight is 425 g/mol. The highest BCUT2D eigenvalue weighted by Gasteiger charge is 2.51. The van der Waals surface area contributed by atoms with Crippen molar-refractivity contribution in [3.05, 3.63) is 0 Å². The van der Waals surface area contributed by atoms with Gasteiger partial charge < -0.3 is 0 Å². The van der Waals surface area contributed by atoms with Gasteiger partial charge in [-0.3, -0.25) is 0 Å². The van der Waals surface area contributed by atoms with Crippen LogP contribution in [0.5, 0.6) is 0 Å². The van der Waals surface area contributed by atoms with E-state index < -0.39 is 0 Å². The molecule has 31 heavy (non-hydrogen) atoms. The third kappa shape index (κ3) is 4.18. The van der Waals surface area contributed by atoms with E-state index in [2.05, 4.69) is 0 Å². The molecule has 9 unspecified atom stereocenters. The molecule has 0 bridgehead atoms. The molecule has 6 aliphatic carbocycles. The molecule has 0 aromatic carbocycles. The van der Waals surface area contributed by atoms with Crippen LogP contribution >= 0.6 is 0 Å². The summed E-state index contributed by atoms with van der Waals surface area (Å²) in [6.07, 6.45) is 33.5. The molecule has 9 atom stereocenters. The summed E-state index contributed by atoms with van der Waals surface area (Å²) in [4.78, 5) is 0. The quantitative estimate of drug-likeness (QED) is 0.423. The maximum Gasteiger partial charge on any atom is -0.0321 e. The Morgan fingerprint density at radius 3 is 0.935 bits per heavy atom. The van der Waals surface area contributed by atoms with E-state index in [1.165, 1.54) is 0 Å². The second kappa shape index (κ2) is 9.70. The van der Waals surface area contributed by atoms with Crippen LogP contribution in [0.15, 0.2) is 0 Å². The van der Waals surface area contributed by atoms with Crippen LogP contribution in [0.3, 0.4) is 0 Å². The maximum atomic E-state index is 1.63. The van der Waals surface area contributed by atoms with Crippen molar-refractivity contribution >= 4 is 0 Å². The molecule has 0 aromatic heterocycles. The summed E-state index contributed by atoms with van der Waals surface area (Å²) >= 11 is 0. The minimum Gasteiger partial charge on any atom is -0.0530 e. The van der Waals surface area contributed by atoms with Crippen molar-refractivity contribution in [3.63, 3.8) is 0 Å². The number of hydrogen-bond acceptors (Lipinski definition) is 0. The van der Waals surface area contributed by atoms with Crippen LogP contribution in [-0.2, 0) is 0 Å². The van der Waals surface area contributed by atoms with E-state index in [0.29, 0.717) is 0 Å². The Bertz CT molecular complexity index is 492. The summed E-state index contributed by atoms with van der Waals surface area (Å²) in [6.45, 7) is 0. The van der Waals surface area contributed by atoms with Gasteiger partial charge in [0.1, 0.15) is 0 Å². The van der Waals surface area contributed by atoms with E-state index in [0.717, 1.165) is 59.2 Å². The Hall–Kier alpha value is 0. The van der Waals surface area contributed by atoms with E-state index in [-0.39, 0.29) is 0 Å². The van der Waals surface area contributed by atoms with Gasteiger partial charge in [-0.1, -0.05) is 96.3 Å². The molecule has 176 valence electrons. The summed E-state index contributed by atoms with van der Waals surface area (Å²) in [6, 6.07) is 0. The Morgan fingerprint density at radius 1 is 0.290 bits per heavy atom. The third-order valence-corrected chi connectivity index (χ3v) is 12.4. The molecule has 0 amide bonds. The zero-order valence-corrected chi connectivity index (χ0v) is 20.6. The monoisotopic (exact) mass is 424 g/mol. The summed E-state index contributed by atoms with van der Waals surface area (Å²) in [5.41, 5.74) is 0. The van der Waals surface area contributed by atoms with Gasteiger partial charge in [-0.15, -0.1) is 0 Å². The smallest absolute Gasteiger partial charge is 0.0321 e. The van der Waals surface area contributed by atoms with Gasteiger partial charge in [-0.05, 0) is 97.7 Å². The Balaban J connectivity index is 1.34. The lowest BCUT2D eigenvalue weighted by atomic mass is 9.49. The molecular weight excluding hydrogens is 372 g/mol. The molecule has 6 saturated carbocycles. The molecule has 6 fully saturated rings. The number of hydrogen-bond donors (Lipinski definition) is 0. The molecule has 0 aromatic rings. The highest BCUT2D eigenvalue weighted by molar-refractivity contribution is 5.00. The van der Waals surface area contributed by atoms with Gasteiger partial charge in [-0.2, -0.15) is 0 Å². The maximum absolute atomic E-state index is 1.63. The molecule has 6 rings (SSSR count). The van der Waals surface area contributed by atoms with Gasteiger partial charge in [0.2, 0.25) is 0 Å². The molecule has 0 heterocycles. The lowest BCUT2D eigenvalue weighted by Gasteiger charge is -2.56. The van der Waals surface area contributed by atoms with Crippen molar-refractivity contribution < 1.29 is 0 Å². The van der Waals surface area contributed by atoms with E-state index in [1.54, 1.807) is 135 Å². The zero-order chi connectivity index (χ0) is 20.6. The fourth-order valence-corrected chi connectivity index (χ4v) is 11.4. The van der Waals surface area contributed by atoms with Crippen LogP contribution in [0.4, 0.5) is 0 Å².